The summed E-state index contributed by atoms with van der Waals surface area (Å²) in [5, 5.41) is 0. The predicted molar refractivity (Wildman–Crippen MR) is 320 cm³/mol. The minimum absolute atomic E-state index is 0.0893. The van der Waals surface area contributed by atoms with Gasteiger partial charge in [0.05, 0.1) is 0 Å². The van der Waals surface area contributed by atoms with Crippen LogP contribution in [0.2, 0.25) is 0 Å². The van der Waals surface area contributed by atoms with E-state index in [1.165, 1.54) is 96.3 Å². The topological polar surface area (TPSA) is 78.9 Å². The molecule has 0 radical (unpaired) electrons. The Morgan fingerprint density at radius 1 is 0.284 bits per heavy atom. The lowest BCUT2D eigenvalue weighted by Gasteiger charge is -2.18. The van der Waals surface area contributed by atoms with E-state index >= 15 is 0 Å². The lowest BCUT2D eigenvalue weighted by atomic mass is 10.1. The van der Waals surface area contributed by atoms with E-state index in [0.717, 1.165) is 135 Å². The SMILES string of the molecule is CC/C=C\C/C=C\C/C=C\C/C=C\C/C=C\C/C=C\CCCCCCCCCCCCC(=O)OCC(COC(=O)CCCCCCCCCCCC)OC(=O)CCCCCC/C=C\C/C=C\C/C=C\C/C=C\CC. The van der Waals surface area contributed by atoms with Crippen LogP contribution < -0.4 is 0 Å². The predicted octanol–water partition coefficient (Wildman–Crippen LogP) is 20.8. The summed E-state index contributed by atoms with van der Waals surface area (Å²) in [6, 6.07) is 0. The zero-order chi connectivity index (χ0) is 53.6. The average Bonchev–Trinajstić information content (AvgIpc) is 3.40. The fourth-order valence-electron chi connectivity index (χ4n) is 8.20. The fraction of sp³-hybridized carbons (Fsp3) is 0.662. The van der Waals surface area contributed by atoms with Crippen LogP contribution in [-0.2, 0) is 28.6 Å². The molecule has 0 aliphatic heterocycles. The van der Waals surface area contributed by atoms with Crippen LogP contribution >= 0.6 is 0 Å². The third-order valence-electron chi connectivity index (χ3n) is 12.7. The van der Waals surface area contributed by atoms with Crippen LogP contribution in [0.15, 0.2) is 122 Å². The van der Waals surface area contributed by atoms with Crippen molar-refractivity contribution in [2.24, 2.45) is 0 Å². The molecule has 0 aliphatic carbocycles. The van der Waals surface area contributed by atoms with Gasteiger partial charge in [-0.25, -0.2) is 0 Å². The number of rotatable bonds is 54. The van der Waals surface area contributed by atoms with E-state index in [1.54, 1.807) is 0 Å². The van der Waals surface area contributed by atoms with E-state index in [1.807, 2.05) is 0 Å². The van der Waals surface area contributed by atoms with E-state index < -0.39 is 6.10 Å². The molecule has 0 aromatic rings. The number of allylic oxidation sites excluding steroid dienone is 20. The molecular formula is C68H112O6. The van der Waals surface area contributed by atoms with Gasteiger partial charge < -0.3 is 14.2 Å². The second-order valence-corrected chi connectivity index (χ2v) is 19.9. The smallest absolute Gasteiger partial charge is 0.306 e. The molecule has 0 amide bonds. The second kappa shape index (κ2) is 61.4. The summed E-state index contributed by atoms with van der Waals surface area (Å²) in [6.07, 6.45) is 84.9. The van der Waals surface area contributed by atoms with Gasteiger partial charge in [0, 0.05) is 19.3 Å². The first kappa shape index (κ1) is 69.8. The van der Waals surface area contributed by atoms with Crippen molar-refractivity contribution >= 4 is 17.9 Å². The standard InChI is InChI=1S/C68H112O6/c1-4-7-10-13-16-19-22-24-26-28-29-30-31-32-33-34-35-36-37-38-39-41-42-44-46-49-52-55-58-61-67(70)73-64-65(63-72-66(69)60-57-54-51-48-21-18-15-12-9-6-3)74-68(71)62-59-56-53-50-47-45-43-40-27-25-23-20-17-14-11-8-5-2/h7-8,10-11,16-17,19-20,24-27,29-30,32-33,35-36,43,45,65H,4-6,9,12-15,18,21-23,28,31,34,37-42,44,46-64H2,1-3H3/b10-7-,11-8-,19-16-,20-17-,26-24-,27-25-,30-29-,33-32-,36-35-,45-43-. The van der Waals surface area contributed by atoms with E-state index in [9.17, 15) is 14.4 Å². The molecule has 0 aromatic carbocycles. The molecule has 1 atom stereocenters. The van der Waals surface area contributed by atoms with Gasteiger partial charge in [-0.2, -0.15) is 0 Å². The molecule has 420 valence electrons. The maximum Gasteiger partial charge on any atom is 0.306 e. The molecule has 0 bridgehead atoms. The van der Waals surface area contributed by atoms with Crippen molar-refractivity contribution in [2.45, 2.75) is 277 Å². The van der Waals surface area contributed by atoms with Crippen molar-refractivity contribution in [1.29, 1.82) is 0 Å². The Hall–Kier alpha value is -4.19. The molecule has 0 aromatic heterocycles. The first-order valence-electron chi connectivity index (χ1n) is 30.5. The summed E-state index contributed by atoms with van der Waals surface area (Å²) in [5.74, 6) is -0.918. The number of carbonyl (C=O) groups excluding carboxylic acids is 3. The van der Waals surface area contributed by atoms with Crippen molar-refractivity contribution in [3.63, 3.8) is 0 Å². The monoisotopic (exact) mass is 1020 g/mol. The van der Waals surface area contributed by atoms with E-state index in [4.69, 9.17) is 14.2 Å². The zero-order valence-corrected chi connectivity index (χ0v) is 48.1. The second-order valence-electron chi connectivity index (χ2n) is 19.9. The number of carbonyl (C=O) groups is 3. The first-order chi connectivity index (χ1) is 36.5. The van der Waals surface area contributed by atoms with E-state index in [2.05, 4.69) is 142 Å². The molecule has 74 heavy (non-hydrogen) atoms. The van der Waals surface area contributed by atoms with Gasteiger partial charge in [-0.05, 0) is 109 Å². The number of hydrogen-bond acceptors (Lipinski definition) is 6. The van der Waals surface area contributed by atoms with Gasteiger partial charge in [-0.3, -0.25) is 14.4 Å². The average molecular weight is 1030 g/mol. The molecule has 1 unspecified atom stereocenters. The molecule has 0 saturated carbocycles. The Kier molecular flexibility index (Phi) is 57.9. The Bertz CT molecular complexity index is 1550. The Balaban J connectivity index is 4.27. The van der Waals surface area contributed by atoms with Crippen molar-refractivity contribution in [2.75, 3.05) is 13.2 Å². The van der Waals surface area contributed by atoms with E-state index in [-0.39, 0.29) is 31.1 Å². The minimum atomic E-state index is -0.794. The normalized spacial score (nSPS) is 13.0. The van der Waals surface area contributed by atoms with Gasteiger partial charge in [0.25, 0.3) is 0 Å². The fourth-order valence-corrected chi connectivity index (χ4v) is 8.20. The summed E-state index contributed by atoms with van der Waals surface area (Å²) in [5.41, 5.74) is 0. The van der Waals surface area contributed by atoms with Crippen LogP contribution in [0.4, 0.5) is 0 Å². The van der Waals surface area contributed by atoms with Crippen LogP contribution in [0.5, 0.6) is 0 Å². The van der Waals surface area contributed by atoms with Crippen molar-refractivity contribution in [1.82, 2.24) is 0 Å². The summed E-state index contributed by atoms with van der Waals surface area (Å²) < 4.78 is 16.8. The Morgan fingerprint density at radius 3 is 0.824 bits per heavy atom. The van der Waals surface area contributed by atoms with Gasteiger partial charge in [-0.1, -0.05) is 264 Å². The highest BCUT2D eigenvalue weighted by Crippen LogP contribution is 2.15. The molecule has 0 rings (SSSR count). The number of unbranched alkanes of at least 4 members (excludes halogenated alkanes) is 23. The van der Waals surface area contributed by atoms with Crippen LogP contribution in [0.3, 0.4) is 0 Å². The first-order valence-corrected chi connectivity index (χ1v) is 30.5. The molecule has 6 heteroatoms. The van der Waals surface area contributed by atoms with Gasteiger partial charge in [0.15, 0.2) is 6.10 Å². The van der Waals surface area contributed by atoms with Crippen LogP contribution in [0, 0.1) is 0 Å². The molecule has 0 N–H and O–H groups in total. The summed E-state index contributed by atoms with van der Waals surface area (Å²) >= 11 is 0. The lowest BCUT2D eigenvalue weighted by molar-refractivity contribution is -0.167. The lowest BCUT2D eigenvalue weighted by Crippen LogP contribution is -2.30. The molecule has 0 spiro atoms. The van der Waals surface area contributed by atoms with Gasteiger partial charge in [-0.15, -0.1) is 0 Å². The van der Waals surface area contributed by atoms with Gasteiger partial charge >= 0.3 is 17.9 Å². The Morgan fingerprint density at radius 2 is 0.527 bits per heavy atom. The number of hydrogen-bond donors (Lipinski definition) is 0. The largest absolute Gasteiger partial charge is 0.462 e. The Labute approximate surface area is 456 Å². The third-order valence-corrected chi connectivity index (χ3v) is 12.7. The highest BCUT2D eigenvalue weighted by Gasteiger charge is 2.19. The molecular weight excluding hydrogens is 913 g/mol. The summed E-state index contributed by atoms with van der Waals surface area (Å²) in [6.45, 7) is 6.38. The van der Waals surface area contributed by atoms with Crippen molar-refractivity contribution < 1.29 is 28.6 Å². The molecule has 0 fully saturated rings. The van der Waals surface area contributed by atoms with Crippen LogP contribution in [0.1, 0.15) is 271 Å². The molecule has 0 heterocycles. The third kappa shape index (κ3) is 58.7. The zero-order valence-electron chi connectivity index (χ0n) is 48.1. The number of ether oxygens (including phenoxy) is 3. The highest BCUT2D eigenvalue weighted by atomic mass is 16.6. The molecule has 6 nitrogen and oxygen atoms in total. The molecule has 0 aliphatic rings. The summed E-state index contributed by atoms with van der Waals surface area (Å²) in [7, 11) is 0. The van der Waals surface area contributed by atoms with Crippen molar-refractivity contribution in [3.05, 3.63) is 122 Å². The van der Waals surface area contributed by atoms with Gasteiger partial charge in [0.1, 0.15) is 13.2 Å². The van der Waals surface area contributed by atoms with Gasteiger partial charge in [0.2, 0.25) is 0 Å². The maximum atomic E-state index is 12.8. The minimum Gasteiger partial charge on any atom is -0.462 e. The quantitative estimate of drug-likeness (QED) is 0.0261. The highest BCUT2D eigenvalue weighted by molar-refractivity contribution is 5.71. The maximum absolute atomic E-state index is 12.8. The van der Waals surface area contributed by atoms with Crippen LogP contribution in [-0.4, -0.2) is 37.2 Å². The summed E-state index contributed by atoms with van der Waals surface area (Å²) in [4.78, 5) is 38.1. The number of esters is 3. The van der Waals surface area contributed by atoms with E-state index in [0.29, 0.717) is 19.3 Å². The molecule has 0 saturated heterocycles. The van der Waals surface area contributed by atoms with Crippen molar-refractivity contribution in [3.8, 4) is 0 Å². The van der Waals surface area contributed by atoms with Crippen LogP contribution in [0.25, 0.3) is 0 Å².